The molecular weight excluding hydrogens is 436 g/mol. The number of aromatic nitrogens is 2. The van der Waals surface area contributed by atoms with Crippen LogP contribution < -0.4 is 4.90 Å². The second-order valence-corrected chi connectivity index (χ2v) is 11.3. The molecule has 3 heterocycles. The van der Waals surface area contributed by atoms with E-state index in [1.54, 1.807) is 23.6 Å². The Kier molecular flexibility index (Phi) is 9.13. The van der Waals surface area contributed by atoms with Gasteiger partial charge in [0.05, 0.1) is 29.8 Å². The van der Waals surface area contributed by atoms with E-state index in [1.165, 1.54) is 0 Å². The van der Waals surface area contributed by atoms with Gasteiger partial charge >= 0.3 is 0 Å². The average Bonchev–Trinajstić information content (AvgIpc) is 2.80. The van der Waals surface area contributed by atoms with Crippen LogP contribution >= 0.6 is 11.6 Å². The Morgan fingerprint density at radius 2 is 1.77 bits per heavy atom. The minimum absolute atomic E-state index is 0.181. The lowest BCUT2D eigenvalue weighted by atomic mass is 9.87. The number of rotatable bonds is 10. The van der Waals surface area contributed by atoms with Gasteiger partial charge in [-0.15, -0.1) is 6.58 Å². The summed E-state index contributed by atoms with van der Waals surface area (Å²) in [6, 6.07) is 0. The molecule has 0 radical (unpaired) electrons. The smallest absolute Gasteiger partial charge is 0.225 e. The van der Waals surface area contributed by atoms with Gasteiger partial charge in [0, 0.05) is 38.7 Å². The highest BCUT2D eigenvalue weighted by molar-refractivity contribution is 7.89. The molecule has 0 bridgehead atoms. The van der Waals surface area contributed by atoms with E-state index in [0.29, 0.717) is 49.1 Å². The predicted octanol–water partition coefficient (Wildman–Crippen LogP) is 3.62. The van der Waals surface area contributed by atoms with E-state index < -0.39 is 10.0 Å². The number of piperidine rings is 2. The third-order valence-electron chi connectivity index (χ3n) is 6.49. The van der Waals surface area contributed by atoms with E-state index in [2.05, 4.69) is 21.4 Å². The van der Waals surface area contributed by atoms with E-state index in [0.717, 1.165) is 51.1 Å². The van der Waals surface area contributed by atoms with Crippen LogP contribution in [0, 0.1) is 17.8 Å². The van der Waals surface area contributed by atoms with Crippen LogP contribution in [-0.4, -0.2) is 67.8 Å². The van der Waals surface area contributed by atoms with Crippen LogP contribution in [0.5, 0.6) is 0 Å². The predicted molar refractivity (Wildman–Crippen MR) is 125 cm³/mol. The molecule has 9 heteroatoms. The van der Waals surface area contributed by atoms with Gasteiger partial charge in [0.15, 0.2) is 0 Å². The van der Waals surface area contributed by atoms with Gasteiger partial charge in [-0.2, -0.15) is 0 Å². The van der Waals surface area contributed by atoms with Crippen molar-refractivity contribution in [2.75, 3.05) is 50.0 Å². The first-order valence-electron chi connectivity index (χ1n) is 11.3. The first-order chi connectivity index (χ1) is 14.9. The summed E-state index contributed by atoms with van der Waals surface area (Å²) >= 11 is 5.88. The minimum atomic E-state index is -3.06. The highest BCUT2D eigenvalue weighted by Gasteiger charge is 2.27. The van der Waals surface area contributed by atoms with Gasteiger partial charge in [0.2, 0.25) is 16.0 Å². The fraction of sp³-hybridized carbons (Fsp3) is 0.727. The van der Waals surface area contributed by atoms with Crippen molar-refractivity contribution in [1.82, 2.24) is 14.3 Å². The van der Waals surface area contributed by atoms with Crippen molar-refractivity contribution in [2.24, 2.45) is 17.8 Å². The maximum atomic E-state index is 12.0. The molecule has 7 nitrogen and oxygen atoms in total. The van der Waals surface area contributed by atoms with Crippen LogP contribution in [0.2, 0.25) is 5.02 Å². The van der Waals surface area contributed by atoms with Crippen molar-refractivity contribution >= 4 is 27.6 Å². The second kappa shape index (κ2) is 11.6. The van der Waals surface area contributed by atoms with Crippen molar-refractivity contribution in [3.63, 3.8) is 0 Å². The van der Waals surface area contributed by atoms with E-state index in [1.807, 2.05) is 6.08 Å². The summed E-state index contributed by atoms with van der Waals surface area (Å²) in [4.78, 5) is 10.9. The molecule has 0 unspecified atom stereocenters. The Morgan fingerprint density at radius 1 is 1.16 bits per heavy atom. The highest BCUT2D eigenvalue weighted by Crippen LogP contribution is 2.27. The van der Waals surface area contributed by atoms with Crippen LogP contribution in [0.15, 0.2) is 25.0 Å². The molecule has 1 atom stereocenters. The fourth-order valence-corrected chi connectivity index (χ4v) is 5.65. The lowest BCUT2D eigenvalue weighted by Gasteiger charge is -2.33. The van der Waals surface area contributed by atoms with Gasteiger partial charge in [-0.25, -0.2) is 22.7 Å². The summed E-state index contributed by atoms with van der Waals surface area (Å²) in [6.45, 7) is 10.3. The average molecular weight is 471 g/mol. The maximum Gasteiger partial charge on any atom is 0.225 e. The second-order valence-electron chi connectivity index (χ2n) is 8.64. The van der Waals surface area contributed by atoms with Crippen molar-refractivity contribution in [1.29, 1.82) is 0 Å². The van der Waals surface area contributed by atoms with Gasteiger partial charge in [-0.3, -0.25) is 0 Å². The fourth-order valence-electron chi connectivity index (χ4n) is 4.42. The zero-order valence-corrected chi connectivity index (χ0v) is 20.0. The van der Waals surface area contributed by atoms with Crippen molar-refractivity contribution in [3.8, 4) is 0 Å². The molecule has 0 amide bonds. The van der Waals surface area contributed by atoms with E-state index in [4.69, 9.17) is 16.3 Å². The summed E-state index contributed by atoms with van der Waals surface area (Å²) in [7, 11) is -3.06. The third-order valence-corrected chi connectivity index (χ3v) is 8.57. The number of hydrogen-bond acceptors (Lipinski definition) is 6. The molecular formula is C22H35ClN4O3S. The molecule has 0 aliphatic carbocycles. The standard InChI is InChI=1S/C22H35ClN4O3S/c1-3-18(16-30-17-20-7-11-27(12-8-20)31(28,29)4-2)13-19-5-9-26(10-6-19)22-24-14-21(23)15-25-22/h3,14-15,18-20H,1,4-13,16-17H2,2H3/t18-/m1/s1. The third kappa shape index (κ3) is 7.14. The molecule has 1 aromatic rings. The van der Waals surface area contributed by atoms with Crippen molar-refractivity contribution in [2.45, 2.75) is 39.0 Å². The molecule has 2 aliphatic rings. The van der Waals surface area contributed by atoms with Gasteiger partial charge in [0.25, 0.3) is 0 Å². The maximum absolute atomic E-state index is 12.0. The van der Waals surface area contributed by atoms with Gasteiger partial charge in [-0.1, -0.05) is 17.7 Å². The molecule has 2 aliphatic heterocycles. The van der Waals surface area contributed by atoms with Crippen LogP contribution in [0.3, 0.4) is 0 Å². The van der Waals surface area contributed by atoms with Crippen molar-refractivity contribution in [3.05, 3.63) is 30.1 Å². The van der Waals surface area contributed by atoms with Crippen molar-refractivity contribution < 1.29 is 13.2 Å². The van der Waals surface area contributed by atoms with Gasteiger partial charge < -0.3 is 9.64 Å². The van der Waals surface area contributed by atoms with Crippen LogP contribution in [-0.2, 0) is 14.8 Å². The quantitative estimate of drug-likeness (QED) is 0.486. The summed E-state index contributed by atoms with van der Waals surface area (Å²) in [5, 5.41) is 0.559. The number of sulfonamides is 1. The Bertz CT molecular complexity index is 789. The molecule has 174 valence electrons. The van der Waals surface area contributed by atoms with Crippen LogP contribution in [0.1, 0.15) is 39.0 Å². The molecule has 3 rings (SSSR count). The number of ether oxygens (including phenoxy) is 1. The van der Waals surface area contributed by atoms with Gasteiger partial charge in [0.1, 0.15) is 0 Å². The number of nitrogens with zero attached hydrogens (tertiary/aromatic N) is 4. The molecule has 1 aromatic heterocycles. The van der Waals surface area contributed by atoms with Gasteiger partial charge in [-0.05, 0) is 50.9 Å². The lowest BCUT2D eigenvalue weighted by Crippen LogP contribution is -2.40. The first-order valence-corrected chi connectivity index (χ1v) is 13.3. The summed E-state index contributed by atoms with van der Waals surface area (Å²) in [5.41, 5.74) is 0. The van der Waals surface area contributed by atoms with E-state index in [9.17, 15) is 8.42 Å². The number of halogens is 1. The Balaban J connectivity index is 1.34. The molecule has 0 aromatic carbocycles. The largest absolute Gasteiger partial charge is 0.381 e. The Labute approximate surface area is 191 Å². The zero-order valence-electron chi connectivity index (χ0n) is 18.5. The molecule has 2 saturated heterocycles. The van der Waals surface area contributed by atoms with E-state index >= 15 is 0 Å². The Hall–Kier alpha value is -1.22. The molecule has 2 fully saturated rings. The molecule has 31 heavy (non-hydrogen) atoms. The monoisotopic (exact) mass is 470 g/mol. The van der Waals surface area contributed by atoms with E-state index in [-0.39, 0.29) is 5.75 Å². The molecule has 0 spiro atoms. The first kappa shape index (κ1) is 24.4. The lowest BCUT2D eigenvalue weighted by molar-refractivity contribution is 0.0595. The Morgan fingerprint density at radius 3 is 2.35 bits per heavy atom. The molecule has 0 saturated carbocycles. The number of anilines is 1. The van der Waals surface area contributed by atoms with Crippen LogP contribution in [0.25, 0.3) is 0 Å². The summed E-state index contributed by atoms with van der Waals surface area (Å²) < 4.78 is 31.6. The minimum Gasteiger partial charge on any atom is -0.381 e. The SMILES string of the molecule is C=C[C@@H](COCC1CCN(S(=O)(=O)CC)CC1)CC1CCN(c2ncc(Cl)cn2)CC1. The normalized spacial score (nSPS) is 20.6. The topological polar surface area (TPSA) is 75.6 Å². The van der Waals surface area contributed by atoms with Crippen LogP contribution in [0.4, 0.5) is 5.95 Å². The zero-order chi connectivity index (χ0) is 22.3. The highest BCUT2D eigenvalue weighted by atomic mass is 35.5. The number of hydrogen-bond donors (Lipinski definition) is 0. The summed E-state index contributed by atoms with van der Waals surface area (Å²) in [5.74, 6) is 2.38. The molecule has 0 N–H and O–H groups in total. The summed E-state index contributed by atoms with van der Waals surface area (Å²) in [6.07, 6.45) is 10.4.